The van der Waals surface area contributed by atoms with E-state index in [1.807, 2.05) is 97.1 Å². The third kappa shape index (κ3) is 8.44. The van der Waals surface area contributed by atoms with E-state index in [0.29, 0.717) is 72.1 Å². The van der Waals surface area contributed by atoms with Gasteiger partial charge in [0.15, 0.2) is 0 Å². The molecule has 7 heterocycles. The molecule has 0 aliphatic carbocycles. The van der Waals surface area contributed by atoms with Crippen LogP contribution < -0.4 is 0 Å². The molecule has 0 fully saturated rings. The van der Waals surface area contributed by atoms with Gasteiger partial charge in [0.1, 0.15) is 11.3 Å². The number of aryl methyl sites for hydroxylation is 4. The zero-order valence-electron chi connectivity index (χ0n) is 47.7. The van der Waals surface area contributed by atoms with Gasteiger partial charge in [0.25, 0.3) is 0 Å². The molecule has 0 amide bonds. The molecule has 8 heteroatoms. The summed E-state index contributed by atoms with van der Waals surface area (Å²) in [7, 11) is 0. The molecule has 0 spiro atoms. The topological polar surface area (TPSA) is 73.3 Å². The minimum atomic E-state index is -2.92. The van der Waals surface area contributed by atoms with Crippen molar-refractivity contribution < 1.29 is 31.1 Å². The first-order chi connectivity index (χ1) is 39.7. The molecule has 0 N–H and O–H groups in total. The number of pyridine rings is 5. The van der Waals surface area contributed by atoms with Crippen molar-refractivity contribution in [1.29, 1.82) is 0 Å². The summed E-state index contributed by atoms with van der Waals surface area (Å²) in [5, 5.41) is 2.95. The molecule has 0 aliphatic rings. The summed E-state index contributed by atoms with van der Waals surface area (Å²) >= 11 is 0. The molecule has 14 rings (SSSR count). The van der Waals surface area contributed by atoms with Crippen LogP contribution in [-0.4, -0.2) is 33.7 Å². The van der Waals surface area contributed by atoms with Crippen LogP contribution in [0.15, 0.2) is 219 Å². The second-order valence-electron chi connectivity index (χ2n) is 18.0. The Labute approximate surface area is 458 Å². The predicted octanol–water partition coefficient (Wildman–Crippen LogP) is 15.1. The fourth-order valence-electron chi connectivity index (χ4n) is 10.1. The van der Waals surface area contributed by atoms with Crippen LogP contribution in [0, 0.1) is 18.2 Å². The van der Waals surface area contributed by atoms with Crippen molar-refractivity contribution in [2.75, 3.05) is 0 Å². The summed E-state index contributed by atoms with van der Waals surface area (Å²) in [5.74, 6) is 0. The standard InChI is InChI=1S/C67H44N7.Ir/c1-3-13-48(14-4-1)49-27-29-50(30-28-49)59-40-61(51-15-5-2-6-16-51)70-43-60(59)54-18-8-7-17-53(54)52-36-44(23-25-46-38-62-64(71-41-46)55-19-9-11-21-57(55)66-68-31-33-73(62)66)35-45(37-52)24-26-47-39-63-65(72-42-47)56-20-10-12-22-58(56)67-69-32-34-74(63)67;/h1-15,17-18,21-22,27-43H,23-26H2;/q-3;+3/i23D2,24D2,25D2,26D2;. The number of benzene rings is 7. The molecule has 0 atom stereocenters. The van der Waals surface area contributed by atoms with Gasteiger partial charge in [0.05, 0.1) is 0 Å². The van der Waals surface area contributed by atoms with E-state index in [1.54, 1.807) is 76.2 Å². The van der Waals surface area contributed by atoms with Gasteiger partial charge in [0, 0.05) is 82.0 Å². The molecule has 14 aromatic rings. The normalized spacial score (nSPS) is 13.9. The summed E-state index contributed by atoms with van der Waals surface area (Å²) < 4.78 is 83.0. The van der Waals surface area contributed by atoms with E-state index in [1.165, 1.54) is 18.5 Å². The zero-order valence-corrected chi connectivity index (χ0v) is 42.1. The van der Waals surface area contributed by atoms with Gasteiger partial charge in [-0.2, -0.15) is 0 Å². The Balaban J connectivity index is 0.00000645. The Morgan fingerprint density at radius 3 is 1.56 bits per heavy atom. The maximum Gasteiger partial charge on any atom is 3.00 e. The molecule has 7 aromatic heterocycles. The molecule has 356 valence electrons. The van der Waals surface area contributed by atoms with Gasteiger partial charge < -0.3 is 23.8 Å². The molecule has 0 radical (unpaired) electrons. The van der Waals surface area contributed by atoms with Gasteiger partial charge in [-0.15, -0.1) is 95.2 Å². The molecule has 0 saturated heterocycles. The maximum atomic E-state index is 10.0. The van der Waals surface area contributed by atoms with Crippen LogP contribution in [0.1, 0.15) is 33.2 Å². The van der Waals surface area contributed by atoms with E-state index in [4.69, 9.17) is 15.0 Å². The van der Waals surface area contributed by atoms with Gasteiger partial charge in [-0.1, -0.05) is 114 Å². The van der Waals surface area contributed by atoms with Crippen molar-refractivity contribution in [2.24, 2.45) is 0 Å². The van der Waals surface area contributed by atoms with Gasteiger partial charge in [-0.3, -0.25) is 0 Å². The summed E-state index contributed by atoms with van der Waals surface area (Å²) in [6.45, 7) is 0. The van der Waals surface area contributed by atoms with E-state index in [0.717, 1.165) is 38.6 Å². The van der Waals surface area contributed by atoms with Crippen LogP contribution in [0.25, 0.3) is 111 Å². The third-order valence-electron chi connectivity index (χ3n) is 13.6. The van der Waals surface area contributed by atoms with Crippen molar-refractivity contribution in [3.8, 4) is 55.8 Å². The Morgan fingerprint density at radius 1 is 0.400 bits per heavy atom. The van der Waals surface area contributed by atoms with Crippen molar-refractivity contribution in [1.82, 2.24) is 33.7 Å². The number of rotatable bonds is 11. The number of hydrogen-bond acceptors (Lipinski definition) is 5. The summed E-state index contributed by atoms with van der Waals surface area (Å²) in [6, 6.07) is 63.9. The minimum Gasteiger partial charge on any atom is -0.314 e. The van der Waals surface area contributed by atoms with E-state index in [-0.39, 0.29) is 42.4 Å². The zero-order chi connectivity index (χ0) is 56.1. The number of hydrogen-bond donors (Lipinski definition) is 0. The van der Waals surface area contributed by atoms with E-state index in [9.17, 15) is 11.0 Å². The predicted molar refractivity (Wildman–Crippen MR) is 299 cm³/mol. The summed E-state index contributed by atoms with van der Waals surface area (Å²) in [6.07, 6.45) is -0.240. The van der Waals surface area contributed by atoms with Gasteiger partial charge >= 0.3 is 20.1 Å². The van der Waals surface area contributed by atoms with Crippen LogP contribution >= 0.6 is 0 Å². The fourth-order valence-corrected chi connectivity index (χ4v) is 10.1. The summed E-state index contributed by atoms with van der Waals surface area (Å²) in [4.78, 5) is 23.7. The van der Waals surface area contributed by atoms with E-state index < -0.39 is 25.5 Å². The molecule has 75 heavy (non-hydrogen) atoms. The van der Waals surface area contributed by atoms with Crippen molar-refractivity contribution in [2.45, 2.75) is 25.5 Å². The SMILES string of the molecule is [2H]C([2H])(c1cc(-c2ccccc2-c2cnc(-c3[c-]cccc3)cc2-c2ccc(-c3ccccc3)cc2)cc(C([2H])([2H])C([2H])([2H])c2cnc3c4[c-]cccc4c4nccn4c3c2)c1)C([2H])([2H])c1cnc2c3[c-]cccc3c3nccn3c2c1.[Ir+3]. The second kappa shape index (κ2) is 19.5. The van der Waals surface area contributed by atoms with Crippen molar-refractivity contribution >= 4 is 54.9 Å². The van der Waals surface area contributed by atoms with Crippen LogP contribution in [-0.2, 0) is 45.6 Å². The largest absolute Gasteiger partial charge is 3.00 e. The molecule has 7 aromatic carbocycles. The average molecular weight is 1150 g/mol. The monoisotopic (exact) mass is 1150 g/mol. The maximum absolute atomic E-state index is 10.0. The van der Waals surface area contributed by atoms with E-state index >= 15 is 0 Å². The molecule has 7 nitrogen and oxygen atoms in total. The Bertz CT molecular complexity index is 4640. The Kier molecular flexibility index (Phi) is 9.81. The average Bonchev–Trinajstić information content (AvgIpc) is 3.85. The molecular formula is C67H44IrN7. The minimum absolute atomic E-state index is 0. The molecule has 0 saturated carbocycles. The molecule has 0 bridgehead atoms. The van der Waals surface area contributed by atoms with Gasteiger partial charge in [-0.05, 0) is 105 Å². The summed E-state index contributed by atoms with van der Waals surface area (Å²) in [5.41, 5.74) is 10.1. The first-order valence-electron chi connectivity index (χ1n) is 28.2. The van der Waals surface area contributed by atoms with Gasteiger partial charge in [-0.25, -0.2) is 9.97 Å². The number of fused-ring (bicyclic) bond motifs is 12. The molecule has 0 unspecified atom stereocenters. The smallest absolute Gasteiger partial charge is 0.314 e. The molecular weight excluding hydrogens is 1100 g/mol. The van der Waals surface area contributed by atoms with Crippen molar-refractivity contribution in [3.05, 3.63) is 260 Å². The Hall–Kier alpha value is -8.94. The fraction of sp³-hybridized carbons (Fsp3) is 0.0597. The second-order valence-corrected chi connectivity index (χ2v) is 18.0. The van der Waals surface area contributed by atoms with Crippen LogP contribution in [0.5, 0.6) is 0 Å². The third-order valence-corrected chi connectivity index (χ3v) is 13.6. The van der Waals surface area contributed by atoms with Gasteiger partial charge in [0.2, 0.25) is 0 Å². The van der Waals surface area contributed by atoms with Crippen LogP contribution in [0.2, 0.25) is 0 Å². The first kappa shape index (κ1) is 37.8. The van der Waals surface area contributed by atoms with Crippen LogP contribution in [0.3, 0.4) is 0 Å². The number of nitrogens with zero attached hydrogens (tertiary/aromatic N) is 7. The first-order valence-corrected chi connectivity index (χ1v) is 24.2. The van der Waals surface area contributed by atoms with Crippen LogP contribution in [0.4, 0.5) is 0 Å². The number of aromatic nitrogens is 7. The number of imidazole rings is 2. The molecule has 0 aliphatic heterocycles. The quantitative estimate of drug-likeness (QED) is 0.0953. The van der Waals surface area contributed by atoms with Crippen molar-refractivity contribution in [3.63, 3.8) is 0 Å². The van der Waals surface area contributed by atoms with E-state index in [2.05, 4.69) is 64.6 Å². The Morgan fingerprint density at radius 2 is 0.947 bits per heavy atom.